The molecule has 0 fully saturated rings. The van der Waals surface area contributed by atoms with E-state index in [0.29, 0.717) is 16.1 Å². The Morgan fingerprint density at radius 2 is 1.97 bits per heavy atom. The standard InChI is InChI=1S/C19H17ClF2N6O2S/c1-18(8-31(29,30)19(2,22)17(23)28-18)11-4-3-5-12(14(11)21)27-16-15-13(25-9-26-16)6-10(20)7-24-15/h3-7,9H,8H2,1-2H3,(H2,23,28)(H,25,26,27)/t18-,19+/m0/s1. The van der Waals surface area contributed by atoms with E-state index in [9.17, 15) is 12.8 Å². The van der Waals surface area contributed by atoms with Crippen LogP contribution in [0.25, 0.3) is 11.0 Å². The summed E-state index contributed by atoms with van der Waals surface area (Å²) in [6.07, 6.45) is 2.68. The molecule has 0 spiro atoms. The van der Waals surface area contributed by atoms with E-state index < -0.39 is 37.8 Å². The van der Waals surface area contributed by atoms with Gasteiger partial charge in [0, 0.05) is 11.8 Å². The summed E-state index contributed by atoms with van der Waals surface area (Å²) in [6.45, 7) is 2.22. The van der Waals surface area contributed by atoms with Crippen molar-refractivity contribution in [3.05, 3.63) is 53.2 Å². The van der Waals surface area contributed by atoms with Crippen molar-refractivity contribution in [1.29, 1.82) is 0 Å². The molecule has 0 radical (unpaired) electrons. The van der Waals surface area contributed by atoms with Crippen molar-refractivity contribution >= 4 is 49.8 Å². The highest BCUT2D eigenvalue weighted by Gasteiger charge is 2.53. The van der Waals surface area contributed by atoms with Gasteiger partial charge in [-0.25, -0.2) is 32.2 Å². The van der Waals surface area contributed by atoms with Crippen LogP contribution in [0.4, 0.5) is 20.3 Å². The van der Waals surface area contributed by atoms with Gasteiger partial charge in [-0.15, -0.1) is 0 Å². The lowest BCUT2D eigenvalue weighted by Gasteiger charge is -2.35. The van der Waals surface area contributed by atoms with Crippen LogP contribution in [0.1, 0.15) is 19.4 Å². The van der Waals surface area contributed by atoms with E-state index >= 15 is 4.39 Å². The molecule has 3 heterocycles. The van der Waals surface area contributed by atoms with Crippen molar-refractivity contribution in [2.45, 2.75) is 24.4 Å². The number of hydrogen-bond acceptors (Lipinski definition) is 8. The molecule has 0 amide bonds. The molecular formula is C19H17ClF2N6O2S. The van der Waals surface area contributed by atoms with Crippen molar-refractivity contribution in [1.82, 2.24) is 15.0 Å². The van der Waals surface area contributed by atoms with Crippen molar-refractivity contribution in [2.75, 3.05) is 11.1 Å². The summed E-state index contributed by atoms with van der Waals surface area (Å²) in [5, 5.41) is 0.412. The molecule has 8 nitrogen and oxygen atoms in total. The Labute approximate surface area is 181 Å². The zero-order valence-electron chi connectivity index (χ0n) is 16.4. The molecule has 1 aliphatic rings. The lowest BCUT2D eigenvalue weighted by atomic mass is 9.93. The van der Waals surface area contributed by atoms with Crippen LogP contribution in [0.2, 0.25) is 5.02 Å². The fourth-order valence-corrected chi connectivity index (χ4v) is 5.13. The maximum atomic E-state index is 15.5. The van der Waals surface area contributed by atoms with Crippen LogP contribution in [0.15, 0.2) is 41.8 Å². The molecule has 162 valence electrons. The Balaban J connectivity index is 1.80. The number of anilines is 2. The average Bonchev–Trinajstić information content (AvgIpc) is 2.67. The highest BCUT2D eigenvalue weighted by Crippen LogP contribution is 2.40. The molecule has 0 saturated heterocycles. The largest absolute Gasteiger partial charge is 0.384 e. The maximum absolute atomic E-state index is 15.5. The molecule has 12 heteroatoms. The smallest absolute Gasteiger partial charge is 0.263 e. The zero-order valence-corrected chi connectivity index (χ0v) is 18.0. The second kappa shape index (κ2) is 7.06. The van der Waals surface area contributed by atoms with Gasteiger partial charge in [-0.05, 0) is 26.0 Å². The summed E-state index contributed by atoms with van der Waals surface area (Å²) >= 11 is 5.93. The second-order valence-electron chi connectivity index (χ2n) is 7.48. The normalized spacial score (nSPS) is 25.3. The Morgan fingerprint density at radius 3 is 2.68 bits per heavy atom. The van der Waals surface area contributed by atoms with Crippen LogP contribution in [0, 0.1) is 5.82 Å². The van der Waals surface area contributed by atoms with E-state index in [0.717, 1.165) is 6.92 Å². The number of halogens is 3. The third-order valence-corrected chi connectivity index (χ3v) is 7.68. The summed E-state index contributed by atoms with van der Waals surface area (Å²) in [5.74, 6) is -2.02. The van der Waals surface area contributed by atoms with Gasteiger partial charge in [0.05, 0.1) is 22.0 Å². The van der Waals surface area contributed by atoms with E-state index in [2.05, 4.69) is 25.3 Å². The zero-order chi connectivity index (χ0) is 22.6. The van der Waals surface area contributed by atoms with Gasteiger partial charge in [-0.2, -0.15) is 0 Å². The van der Waals surface area contributed by atoms with Crippen LogP contribution in [0.5, 0.6) is 0 Å². The van der Waals surface area contributed by atoms with Gasteiger partial charge >= 0.3 is 0 Å². The highest BCUT2D eigenvalue weighted by atomic mass is 35.5. The maximum Gasteiger partial charge on any atom is 0.263 e. The molecule has 3 N–H and O–H groups in total. The van der Waals surface area contributed by atoms with Gasteiger partial charge in [-0.3, -0.25) is 4.99 Å². The number of nitrogens with two attached hydrogens (primary N) is 1. The van der Waals surface area contributed by atoms with Crippen molar-refractivity contribution < 1.29 is 17.2 Å². The summed E-state index contributed by atoms with van der Waals surface area (Å²) in [4.78, 5) is 16.4. The molecule has 31 heavy (non-hydrogen) atoms. The number of nitrogens with one attached hydrogen (secondary N) is 1. The number of sulfone groups is 1. The first kappa shape index (κ1) is 21.3. The minimum Gasteiger partial charge on any atom is -0.384 e. The Kier molecular flexibility index (Phi) is 4.85. The summed E-state index contributed by atoms with van der Waals surface area (Å²) < 4.78 is 55.0. The van der Waals surface area contributed by atoms with Crippen LogP contribution < -0.4 is 11.1 Å². The molecule has 2 aromatic heterocycles. The number of hydrogen-bond donors (Lipinski definition) is 2. The van der Waals surface area contributed by atoms with Crippen molar-refractivity contribution in [3.63, 3.8) is 0 Å². The molecule has 1 aromatic carbocycles. The molecule has 3 aromatic rings. The van der Waals surface area contributed by atoms with Crippen molar-refractivity contribution in [3.8, 4) is 0 Å². The number of rotatable bonds is 3. The third kappa shape index (κ3) is 3.47. The summed E-state index contributed by atoms with van der Waals surface area (Å²) in [6, 6.07) is 5.92. The van der Waals surface area contributed by atoms with Gasteiger partial charge in [0.1, 0.15) is 23.2 Å². The lowest BCUT2D eigenvalue weighted by molar-refractivity contribution is 0.354. The Hall–Kier alpha value is -2.92. The van der Waals surface area contributed by atoms with Crippen LogP contribution in [-0.2, 0) is 15.4 Å². The lowest BCUT2D eigenvalue weighted by Crippen LogP contribution is -2.54. The number of amidine groups is 1. The van der Waals surface area contributed by atoms with Gasteiger partial charge in [-0.1, -0.05) is 23.7 Å². The fraction of sp³-hybridized carbons (Fsp3) is 0.263. The first-order valence-electron chi connectivity index (χ1n) is 9.04. The van der Waals surface area contributed by atoms with E-state index in [1.165, 1.54) is 37.6 Å². The molecule has 0 saturated carbocycles. The van der Waals surface area contributed by atoms with Crippen molar-refractivity contribution in [2.24, 2.45) is 10.7 Å². The Bertz CT molecular complexity index is 1350. The van der Waals surface area contributed by atoms with Crippen LogP contribution >= 0.6 is 11.6 Å². The highest BCUT2D eigenvalue weighted by molar-refractivity contribution is 7.93. The van der Waals surface area contributed by atoms with E-state index in [-0.39, 0.29) is 17.1 Å². The average molecular weight is 467 g/mol. The van der Waals surface area contributed by atoms with Gasteiger partial charge in [0.15, 0.2) is 21.5 Å². The van der Waals surface area contributed by atoms with Gasteiger partial charge in [0.25, 0.3) is 5.00 Å². The predicted molar refractivity (Wildman–Crippen MR) is 114 cm³/mol. The molecule has 0 bridgehead atoms. The molecule has 1 aliphatic heterocycles. The summed E-state index contributed by atoms with van der Waals surface area (Å²) in [7, 11) is -4.34. The van der Waals surface area contributed by atoms with E-state index in [1.54, 1.807) is 6.07 Å². The first-order chi connectivity index (χ1) is 14.4. The Morgan fingerprint density at radius 1 is 1.23 bits per heavy atom. The topological polar surface area (TPSA) is 123 Å². The van der Waals surface area contributed by atoms with E-state index in [1.807, 2.05) is 0 Å². The summed E-state index contributed by atoms with van der Waals surface area (Å²) in [5.41, 5.74) is 4.74. The number of pyridine rings is 1. The monoisotopic (exact) mass is 466 g/mol. The van der Waals surface area contributed by atoms with E-state index in [4.69, 9.17) is 17.3 Å². The van der Waals surface area contributed by atoms with Gasteiger partial charge < -0.3 is 11.1 Å². The minimum absolute atomic E-state index is 0.00442. The number of alkyl halides is 1. The number of nitrogens with zero attached hydrogens (tertiary/aromatic N) is 4. The van der Waals surface area contributed by atoms with Crippen LogP contribution in [-0.4, -0.2) is 40.0 Å². The predicted octanol–water partition coefficient (Wildman–Crippen LogP) is 3.25. The number of benzene rings is 1. The number of aromatic nitrogens is 3. The second-order valence-corrected chi connectivity index (χ2v) is 10.2. The molecule has 0 aliphatic carbocycles. The fourth-order valence-electron chi connectivity index (χ4n) is 3.38. The third-order valence-electron chi connectivity index (χ3n) is 5.15. The SMILES string of the molecule is C[C@]1(F)C(N)=N[C@](C)(c2cccc(Nc3ncnc4cc(Cl)cnc34)c2F)CS1(=O)=O. The minimum atomic E-state index is -4.34. The molecule has 4 rings (SSSR count). The molecular weight excluding hydrogens is 450 g/mol. The molecule has 0 unspecified atom stereocenters. The van der Waals surface area contributed by atoms with Gasteiger partial charge in [0.2, 0.25) is 0 Å². The molecule has 2 atom stereocenters. The quantitative estimate of drug-likeness (QED) is 0.607. The number of fused-ring (bicyclic) bond motifs is 1. The number of aliphatic imine (C=N–C) groups is 1. The van der Waals surface area contributed by atoms with Crippen LogP contribution in [0.3, 0.4) is 0 Å². The first-order valence-corrected chi connectivity index (χ1v) is 11.1.